The molecular weight excluding hydrogens is 322 g/mol. The molecular formula is C17H25N5OS. The fourth-order valence-corrected chi connectivity index (χ4v) is 3.30. The Hall–Kier alpha value is -1.57. The van der Waals surface area contributed by atoms with Crippen molar-refractivity contribution in [2.75, 3.05) is 26.8 Å². The van der Waals surface area contributed by atoms with E-state index >= 15 is 0 Å². The van der Waals surface area contributed by atoms with Crippen molar-refractivity contribution in [3.05, 3.63) is 29.3 Å². The molecule has 1 saturated heterocycles. The van der Waals surface area contributed by atoms with Gasteiger partial charge in [-0.15, -0.1) is 0 Å². The van der Waals surface area contributed by atoms with Gasteiger partial charge in [-0.05, 0) is 43.1 Å². The molecule has 1 fully saturated rings. The highest BCUT2D eigenvalue weighted by Gasteiger charge is 2.18. The lowest BCUT2D eigenvalue weighted by atomic mass is 10.00. The Kier molecular flexibility index (Phi) is 5.76. The molecule has 1 aliphatic rings. The largest absolute Gasteiger partial charge is 0.383 e. The standard InChI is InChI=1S/C17H25N5OS/c1-14-5-9-20(10-6-14)13-22-17(24)21(11-12-23-2)16(19-22)15-3-7-18-8-4-15/h3-4,7-8,14H,5-6,9-13H2,1-2H3. The quantitative estimate of drug-likeness (QED) is 0.752. The molecule has 0 aromatic carbocycles. The minimum Gasteiger partial charge on any atom is -0.383 e. The summed E-state index contributed by atoms with van der Waals surface area (Å²) < 4.78 is 9.98. The van der Waals surface area contributed by atoms with Gasteiger partial charge in [-0.25, -0.2) is 4.68 Å². The molecule has 3 rings (SSSR count). The number of rotatable bonds is 6. The SMILES string of the molecule is COCCn1c(-c2ccncc2)nn(CN2CCC(C)CC2)c1=S. The molecule has 0 radical (unpaired) electrons. The minimum atomic E-state index is 0.610. The predicted molar refractivity (Wildman–Crippen MR) is 96.1 cm³/mol. The van der Waals surface area contributed by atoms with Crippen LogP contribution in [-0.4, -0.2) is 51.0 Å². The molecule has 0 atom stereocenters. The van der Waals surface area contributed by atoms with Crippen LogP contribution in [-0.2, 0) is 18.0 Å². The molecule has 3 heterocycles. The van der Waals surface area contributed by atoms with E-state index in [1.54, 1.807) is 19.5 Å². The topological polar surface area (TPSA) is 48.1 Å². The zero-order chi connectivity index (χ0) is 16.9. The molecule has 2 aromatic rings. The third kappa shape index (κ3) is 3.91. The minimum absolute atomic E-state index is 0.610. The van der Waals surface area contributed by atoms with Gasteiger partial charge >= 0.3 is 0 Å². The first-order chi connectivity index (χ1) is 11.7. The van der Waals surface area contributed by atoms with Gasteiger partial charge in [0.05, 0.1) is 19.8 Å². The van der Waals surface area contributed by atoms with Gasteiger partial charge in [0.2, 0.25) is 0 Å². The van der Waals surface area contributed by atoms with Gasteiger partial charge in [-0.3, -0.25) is 14.5 Å². The normalized spacial score (nSPS) is 16.6. The molecule has 24 heavy (non-hydrogen) atoms. The van der Waals surface area contributed by atoms with Gasteiger partial charge in [0.1, 0.15) is 0 Å². The van der Waals surface area contributed by atoms with Crippen LogP contribution in [0.5, 0.6) is 0 Å². The fraction of sp³-hybridized carbons (Fsp3) is 0.588. The first kappa shape index (κ1) is 17.3. The van der Waals surface area contributed by atoms with Crippen molar-refractivity contribution in [1.82, 2.24) is 24.2 Å². The van der Waals surface area contributed by atoms with Gasteiger partial charge in [0, 0.05) is 38.2 Å². The summed E-state index contributed by atoms with van der Waals surface area (Å²) >= 11 is 5.68. The van der Waals surface area contributed by atoms with Crippen molar-refractivity contribution in [2.45, 2.75) is 33.0 Å². The zero-order valence-corrected chi connectivity index (χ0v) is 15.2. The lowest BCUT2D eigenvalue weighted by Gasteiger charge is -2.29. The van der Waals surface area contributed by atoms with Gasteiger partial charge in [-0.2, -0.15) is 5.10 Å². The van der Waals surface area contributed by atoms with E-state index in [0.717, 1.165) is 41.8 Å². The molecule has 6 nitrogen and oxygen atoms in total. The Morgan fingerprint density at radius 3 is 2.62 bits per heavy atom. The first-order valence-corrected chi connectivity index (χ1v) is 8.89. The maximum absolute atomic E-state index is 5.68. The predicted octanol–water partition coefficient (Wildman–Crippen LogP) is 2.81. The Morgan fingerprint density at radius 1 is 1.25 bits per heavy atom. The number of aromatic nitrogens is 4. The number of hydrogen-bond donors (Lipinski definition) is 0. The number of piperidine rings is 1. The molecule has 130 valence electrons. The molecule has 2 aromatic heterocycles. The van der Waals surface area contributed by atoms with E-state index < -0.39 is 0 Å². The van der Waals surface area contributed by atoms with Crippen LogP contribution < -0.4 is 0 Å². The maximum atomic E-state index is 5.68. The fourth-order valence-electron chi connectivity index (χ4n) is 3.02. The molecule has 0 N–H and O–H groups in total. The summed E-state index contributed by atoms with van der Waals surface area (Å²) in [4.78, 5) is 6.52. The van der Waals surface area contributed by atoms with Crippen LogP contribution in [0.3, 0.4) is 0 Å². The number of methoxy groups -OCH3 is 1. The zero-order valence-electron chi connectivity index (χ0n) is 14.4. The highest BCUT2D eigenvalue weighted by atomic mass is 32.1. The molecule has 0 saturated carbocycles. The summed E-state index contributed by atoms with van der Waals surface area (Å²) in [5.41, 5.74) is 1.03. The van der Waals surface area contributed by atoms with E-state index in [1.807, 2.05) is 16.8 Å². The number of likely N-dealkylation sites (tertiary alicyclic amines) is 1. The van der Waals surface area contributed by atoms with E-state index in [-0.39, 0.29) is 0 Å². The van der Waals surface area contributed by atoms with E-state index in [2.05, 4.69) is 21.4 Å². The Balaban J connectivity index is 1.87. The average Bonchev–Trinajstić information content (AvgIpc) is 2.92. The number of ether oxygens (including phenoxy) is 1. The van der Waals surface area contributed by atoms with Crippen LogP contribution in [0, 0.1) is 10.7 Å². The van der Waals surface area contributed by atoms with Crippen LogP contribution in [0.2, 0.25) is 0 Å². The average molecular weight is 347 g/mol. The highest BCUT2D eigenvalue weighted by molar-refractivity contribution is 7.71. The number of hydrogen-bond acceptors (Lipinski definition) is 5. The summed E-state index contributed by atoms with van der Waals surface area (Å²) in [7, 11) is 1.70. The lowest BCUT2D eigenvalue weighted by Crippen LogP contribution is -2.34. The van der Waals surface area contributed by atoms with Crippen molar-refractivity contribution in [3.63, 3.8) is 0 Å². The smallest absolute Gasteiger partial charge is 0.199 e. The van der Waals surface area contributed by atoms with Crippen LogP contribution >= 0.6 is 12.2 Å². The van der Waals surface area contributed by atoms with Crippen LogP contribution in [0.25, 0.3) is 11.4 Å². The van der Waals surface area contributed by atoms with Crippen LogP contribution in [0.15, 0.2) is 24.5 Å². The van der Waals surface area contributed by atoms with Crippen molar-refractivity contribution >= 4 is 12.2 Å². The van der Waals surface area contributed by atoms with Crippen molar-refractivity contribution in [2.24, 2.45) is 5.92 Å². The first-order valence-electron chi connectivity index (χ1n) is 8.48. The summed E-state index contributed by atoms with van der Waals surface area (Å²) in [6.45, 7) is 6.61. The monoisotopic (exact) mass is 347 g/mol. The van der Waals surface area contributed by atoms with E-state index in [4.69, 9.17) is 22.1 Å². The summed E-state index contributed by atoms with van der Waals surface area (Å²) in [6, 6.07) is 3.93. The second-order valence-electron chi connectivity index (χ2n) is 6.43. The Labute approximate surface area is 148 Å². The molecule has 1 aliphatic heterocycles. The van der Waals surface area contributed by atoms with Crippen LogP contribution in [0.1, 0.15) is 19.8 Å². The van der Waals surface area contributed by atoms with Crippen molar-refractivity contribution in [3.8, 4) is 11.4 Å². The Bertz CT molecular complexity index is 704. The maximum Gasteiger partial charge on any atom is 0.199 e. The molecule has 0 spiro atoms. The summed E-state index contributed by atoms with van der Waals surface area (Å²) in [5, 5.41) is 4.80. The molecule has 0 unspecified atom stereocenters. The summed E-state index contributed by atoms with van der Waals surface area (Å²) in [5.74, 6) is 1.70. The lowest BCUT2D eigenvalue weighted by molar-refractivity contribution is 0.145. The molecule has 0 aliphatic carbocycles. The third-order valence-corrected chi connectivity index (χ3v) is 5.02. The third-order valence-electron chi connectivity index (χ3n) is 4.59. The van der Waals surface area contributed by atoms with E-state index in [0.29, 0.717) is 13.2 Å². The molecule has 0 bridgehead atoms. The van der Waals surface area contributed by atoms with Crippen molar-refractivity contribution in [1.29, 1.82) is 0 Å². The molecule has 0 amide bonds. The van der Waals surface area contributed by atoms with Crippen molar-refractivity contribution < 1.29 is 4.74 Å². The molecule has 7 heteroatoms. The van der Waals surface area contributed by atoms with Gasteiger partial charge in [0.15, 0.2) is 10.6 Å². The Morgan fingerprint density at radius 2 is 1.96 bits per heavy atom. The van der Waals surface area contributed by atoms with Gasteiger partial charge in [-0.1, -0.05) is 6.92 Å². The van der Waals surface area contributed by atoms with E-state index in [9.17, 15) is 0 Å². The number of nitrogens with zero attached hydrogens (tertiary/aromatic N) is 5. The van der Waals surface area contributed by atoms with Gasteiger partial charge in [0.25, 0.3) is 0 Å². The van der Waals surface area contributed by atoms with E-state index in [1.165, 1.54) is 12.8 Å². The van der Waals surface area contributed by atoms with Crippen LogP contribution in [0.4, 0.5) is 0 Å². The second kappa shape index (κ2) is 8.00. The van der Waals surface area contributed by atoms with Gasteiger partial charge < -0.3 is 4.74 Å². The number of pyridine rings is 1. The second-order valence-corrected chi connectivity index (χ2v) is 6.79. The summed E-state index contributed by atoms with van der Waals surface area (Å²) in [6.07, 6.45) is 6.05. The highest BCUT2D eigenvalue weighted by Crippen LogP contribution is 2.20.